The maximum atomic E-state index is 13.2. The molecule has 0 saturated carbocycles. The molecule has 1 atom stereocenters. The molecule has 1 aromatic heterocycles. The molecule has 1 N–H and O–H groups in total. The van der Waals surface area contributed by atoms with E-state index in [0.29, 0.717) is 17.2 Å². The molecule has 10 heteroatoms. The van der Waals surface area contributed by atoms with Crippen LogP contribution in [0.5, 0.6) is 0 Å². The third kappa shape index (κ3) is 6.23. The fourth-order valence-corrected chi connectivity index (χ4v) is 7.87. The second-order valence-electron chi connectivity index (χ2n) is 9.49. The van der Waals surface area contributed by atoms with Gasteiger partial charge in [-0.2, -0.15) is 4.31 Å². The molecule has 0 aliphatic carbocycles. The molecule has 0 radical (unpaired) electrons. The molecule has 2 aliphatic heterocycles. The van der Waals surface area contributed by atoms with E-state index in [4.69, 9.17) is 0 Å². The SMILES string of the molecule is CCC1CCCCN1S(=O)(=O)c1ccc(C(=O)Nc2nc3c(s2)CN(Cc2ccccc2)CC3)cc1.Cl. The van der Waals surface area contributed by atoms with E-state index >= 15 is 0 Å². The van der Waals surface area contributed by atoms with Gasteiger partial charge in [0.25, 0.3) is 5.91 Å². The molecule has 0 bridgehead atoms. The van der Waals surface area contributed by atoms with E-state index in [9.17, 15) is 13.2 Å². The smallest absolute Gasteiger partial charge is 0.257 e. The average Bonchev–Trinajstić information content (AvgIpc) is 3.30. The molecule has 1 amide bonds. The van der Waals surface area contributed by atoms with Gasteiger partial charge >= 0.3 is 0 Å². The zero-order chi connectivity index (χ0) is 25.1. The van der Waals surface area contributed by atoms with Crippen molar-refractivity contribution in [3.63, 3.8) is 0 Å². The number of piperidine rings is 1. The van der Waals surface area contributed by atoms with Gasteiger partial charge in [0, 0.05) is 49.1 Å². The van der Waals surface area contributed by atoms with Gasteiger partial charge in [0.05, 0.1) is 10.6 Å². The Hall–Kier alpha value is -2.30. The van der Waals surface area contributed by atoms with Crippen LogP contribution in [0, 0.1) is 0 Å². The molecule has 3 aromatic rings. The largest absolute Gasteiger partial charge is 0.298 e. The highest BCUT2D eigenvalue weighted by Gasteiger charge is 2.32. The molecule has 7 nitrogen and oxygen atoms in total. The topological polar surface area (TPSA) is 82.6 Å². The summed E-state index contributed by atoms with van der Waals surface area (Å²) in [7, 11) is -3.57. The number of anilines is 1. The number of benzene rings is 2. The first kappa shape index (κ1) is 27.7. The van der Waals surface area contributed by atoms with E-state index in [1.807, 2.05) is 13.0 Å². The van der Waals surface area contributed by atoms with Gasteiger partial charge < -0.3 is 0 Å². The van der Waals surface area contributed by atoms with Crippen LogP contribution in [0.3, 0.4) is 0 Å². The fraction of sp³-hybridized carbons (Fsp3) is 0.407. The second kappa shape index (κ2) is 12.0. The van der Waals surface area contributed by atoms with Crippen molar-refractivity contribution in [2.75, 3.05) is 18.4 Å². The van der Waals surface area contributed by atoms with Crippen molar-refractivity contribution in [1.82, 2.24) is 14.2 Å². The van der Waals surface area contributed by atoms with Crippen LogP contribution in [0.2, 0.25) is 0 Å². The first-order valence-corrected chi connectivity index (χ1v) is 14.9. The predicted molar refractivity (Wildman–Crippen MR) is 150 cm³/mol. The summed E-state index contributed by atoms with van der Waals surface area (Å²) in [4.78, 5) is 21.3. The van der Waals surface area contributed by atoms with Crippen LogP contribution in [0.4, 0.5) is 5.13 Å². The summed E-state index contributed by atoms with van der Waals surface area (Å²) in [5.41, 5.74) is 2.75. The molecule has 1 saturated heterocycles. The van der Waals surface area contributed by atoms with Gasteiger partial charge in [0.15, 0.2) is 5.13 Å². The number of aromatic nitrogens is 1. The molecule has 3 heterocycles. The Bertz CT molecular complexity index is 1310. The number of rotatable bonds is 7. The van der Waals surface area contributed by atoms with Crippen LogP contribution in [0.25, 0.3) is 0 Å². The third-order valence-corrected chi connectivity index (χ3v) is 10.0. The number of thiazole rings is 1. The van der Waals surface area contributed by atoms with E-state index in [-0.39, 0.29) is 29.3 Å². The van der Waals surface area contributed by atoms with Crippen LogP contribution in [-0.4, -0.2) is 47.6 Å². The summed E-state index contributed by atoms with van der Waals surface area (Å²) >= 11 is 1.51. The Kier molecular flexibility index (Phi) is 9.03. The van der Waals surface area contributed by atoms with Gasteiger partial charge in [0.1, 0.15) is 0 Å². The van der Waals surface area contributed by atoms with Gasteiger partial charge in [-0.15, -0.1) is 23.7 Å². The van der Waals surface area contributed by atoms with Crippen LogP contribution in [0.15, 0.2) is 59.5 Å². The van der Waals surface area contributed by atoms with E-state index in [1.54, 1.807) is 28.6 Å². The lowest BCUT2D eigenvalue weighted by atomic mass is 10.0. The van der Waals surface area contributed by atoms with Crippen LogP contribution in [-0.2, 0) is 29.5 Å². The van der Waals surface area contributed by atoms with Crippen LogP contribution in [0.1, 0.15) is 59.1 Å². The molecule has 5 rings (SSSR count). The number of fused-ring (bicyclic) bond motifs is 1. The van der Waals surface area contributed by atoms with E-state index in [0.717, 1.165) is 57.4 Å². The van der Waals surface area contributed by atoms with Crippen molar-refractivity contribution in [2.24, 2.45) is 0 Å². The van der Waals surface area contributed by atoms with Crippen LogP contribution >= 0.6 is 23.7 Å². The number of hydrogen-bond donors (Lipinski definition) is 1. The lowest BCUT2D eigenvalue weighted by Crippen LogP contribution is -2.43. The first-order valence-electron chi connectivity index (χ1n) is 12.6. The van der Waals surface area contributed by atoms with E-state index < -0.39 is 10.0 Å². The fourth-order valence-electron chi connectivity index (χ4n) is 5.06. The summed E-state index contributed by atoms with van der Waals surface area (Å²) in [5, 5.41) is 3.49. The minimum absolute atomic E-state index is 0. The molecule has 1 unspecified atom stereocenters. The Morgan fingerprint density at radius 2 is 1.84 bits per heavy atom. The maximum Gasteiger partial charge on any atom is 0.257 e. The highest BCUT2D eigenvalue weighted by molar-refractivity contribution is 7.89. The number of nitrogens with one attached hydrogen (secondary N) is 1. The van der Waals surface area contributed by atoms with Gasteiger partial charge in [-0.3, -0.25) is 15.0 Å². The normalized spacial score (nSPS) is 18.6. The molecule has 198 valence electrons. The molecular formula is C27H33ClN4O3S2. The number of hydrogen-bond acceptors (Lipinski definition) is 6. The molecule has 2 aliphatic rings. The summed E-state index contributed by atoms with van der Waals surface area (Å²) in [6.45, 7) is 5.24. The van der Waals surface area contributed by atoms with Crippen molar-refractivity contribution in [3.05, 3.63) is 76.3 Å². The molecule has 1 fully saturated rings. The predicted octanol–water partition coefficient (Wildman–Crippen LogP) is 5.33. The number of carbonyl (C=O) groups is 1. The third-order valence-electron chi connectivity index (χ3n) is 7.05. The summed E-state index contributed by atoms with van der Waals surface area (Å²) in [6, 6.07) is 16.7. The Labute approximate surface area is 229 Å². The number of halogens is 1. The van der Waals surface area contributed by atoms with E-state index in [1.165, 1.54) is 21.8 Å². The van der Waals surface area contributed by atoms with Crippen LogP contribution < -0.4 is 5.32 Å². The number of nitrogens with zero attached hydrogens (tertiary/aromatic N) is 3. The van der Waals surface area contributed by atoms with Crippen molar-refractivity contribution in [2.45, 2.75) is 63.1 Å². The Balaban J connectivity index is 0.00000320. The molecule has 0 spiro atoms. The van der Waals surface area contributed by atoms with Crippen molar-refractivity contribution in [1.29, 1.82) is 0 Å². The van der Waals surface area contributed by atoms with Gasteiger partial charge in [0.2, 0.25) is 10.0 Å². The number of carbonyl (C=O) groups excluding carboxylic acids is 1. The maximum absolute atomic E-state index is 13.2. The molecule has 2 aromatic carbocycles. The minimum Gasteiger partial charge on any atom is -0.298 e. The molecular weight excluding hydrogens is 528 g/mol. The van der Waals surface area contributed by atoms with Gasteiger partial charge in [-0.05, 0) is 49.1 Å². The zero-order valence-electron chi connectivity index (χ0n) is 20.9. The van der Waals surface area contributed by atoms with Gasteiger partial charge in [-0.1, -0.05) is 43.7 Å². The molecule has 37 heavy (non-hydrogen) atoms. The quantitative estimate of drug-likeness (QED) is 0.422. The highest BCUT2D eigenvalue weighted by atomic mass is 35.5. The lowest BCUT2D eigenvalue weighted by Gasteiger charge is -2.34. The van der Waals surface area contributed by atoms with Crippen molar-refractivity contribution >= 4 is 44.8 Å². The summed E-state index contributed by atoms with van der Waals surface area (Å²) in [6.07, 6.45) is 4.52. The summed E-state index contributed by atoms with van der Waals surface area (Å²) < 4.78 is 28.0. The van der Waals surface area contributed by atoms with Gasteiger partial charge in [-0.25, -0.2) is 13.4 Å². The zero-order valence-corrected chi connectivity index (χ0v) is 23.4. The first-order chi connectivity index (χ1) is 17.4. The monoisotopic (exact) mass is 560 g/mol. The summed E-state index contributed by atoms with van der Waals surface area (Å²) in [5.74, 6) is -0.282. The lowest BCUT2D eigenvalue weighted by molar-refractivity contribution is 0.102. The standard InChI is InChI=1S/C27H32N4O3S2.ClH/c1-2-22-10-6-7-16-31(22)36(33,34)23-13-11-21(12-14-23)26(32)29-27-28-24-15-17-30(19-25(24)35-27)18-20-8-4-3-5-9-20;/h3-5,8-9,11-14,22H,2,6-7,10,15-19H2,1H3,(H,28,29,32);1H. The van der Waals surface area contributed by atoms with Crippen molar-refractivity contribution in [3.8, 4) is 0 Å². The number of sulfonamides is 1. The van der Waals surface area contributed by atoms with E-state index in [2.05, 4.69) is 39.5 Å². The highest BCUT2D eigenvalue weighted by Crippen LogP contribution is 2.30. The Morgan fingerprint density at radius 1 is 1.08 bits per heavy atom. The number of amides is 1. The second-order valence-corrected chi connectivity index (χ2v) is 12.5. The average molecular weight is 561 g/mol. The Morgan fingerprint density at radius 3 is 2.57 bits per heavy atom. The van der Waals surface area contributed by atoms with Crippen molar-refractivity contribution < 1.29 is 13.2 Å². The minimum atomic E-state index is -3.57.